The molecule has 0 aromatic carbocycles. The lowest BCUT2D eigenvalue weighted by Gasteiger charge is -2.28. The Balaban J connectivity index is 2.60. The van der Waals surface area contributed by atoms with Gasteiger partial charge in [0.25, 0.3) is 0 Å². The molecule has 0 saturated heterocycles. The second-order valence-corrected chi connectivity index (χ2v) is 5.34. The molecule has 1 N–H and O–H groups in total. The molecule has 0 aliphatic heterocycles. The van der Waals surface area contributed by atoms with Crippen LogP contribution in [0.4, 0.5) is 0 Å². The predicted octanol–water partition coefficient (Wildman–Crippen LogP) is 2.69. The van der Waals surface area contributed by atoms with E-state index < -0.39 is 0 Å². The molecule has 1 aliphatic carbocycles. The fraction of sp³-hybridized carbons (Fsp3) is 0.923. The second kappa shape index (κ2) is 5.00. The highest BCUT2D eigenvalue weighted by molar-refractivity contribution is 5.78. The lowest BCUT2D eigenvalue weighted by molar-refractivity contribution is -0.126. The number of carbonyl (C=O) groups is 1. The summed E-state index contributed by atoms with van der Waals surface area (Å²) in [6.07, 6.45) is 2.63. The van der Waals surface area contributed by atoms with Crippen molar-refractivity contribution < 1.29 is 4.79 Å². The highest BCUT2D eigenvalue weighted by atomic mass is 16.1. The number of hydrogen-bond acceptors (Lipinski definition) is 1. The molecule has 0 bridgehead atoms. The van der Waals surface area contributed by atoms with Crippen LogP contribution in [-0.2, 0) is 4.79 Å². The number of hydrogen-bond donors (Lipinski definition) is 1. The Bertz CT molecular complexity index is 227. The van der Waals surface area contributed by atoms with Gasteiger partial charge in [-0.1, -0.05) is 34.1 Å². The first-order valence-electron chi connectivity index (χ1n) is 6.20. The van der Waals surface area contributed by atoms with Gasteiger partial charge in [0.1, 0.15) is 0 Å². The van der Waals surface area contributed by atoms with Crippen LogP contribution in [0, 0.1) is 29.6 Å². The standard InChI is InChI=1S/C13H25NO/c1-8-6-7-12(9(8)2)10(3)11(4)13(15)14-5/h8-12H,6-7H2,1-5H3,(H,14,15)/t8-,9?,10+,11+,12?/m1/s1. The Labute approximate surface area is 93.8 Å². The Hall–Kier alpha value is -0.530. The highest BCUT2D eigenvalue weighted by Gasteiger charge is 2.36. The SMILES string of the molecule is CNC(=O)[C@@H](C)[C@H](C)C1CC[C@@H](C)C1C. The van der Waals surface area contributed by atoms with Gasteiger partial charge in [0.05, 0.1) is 0 Å². The molecule has 5 atom stereocenters. The molecule has 15 heavy (non-hydrogen) atoms. The molecule has 2 nitrogen and oxygen atoms in total. The van der Waals surface area contributed by atoms with Crippen LogP contribution >= 0.6 is 0 Å². The first-order chi connectivity index (χ1) is 6.99. The molecule has 2 heteroatoms. The van der Waals surface area contributed by atoms with E-state index in [4.69, 9.17) is 0 Å². The smallest absolute Gasteiger partial charge is 0.222 e. The largest absolute Gasteiger partial charge is 0.359 e. The van der Waals surface area contributed by atoms with E-state index in [0.29, 0.717) is 5.92 Å². The van der Waals surface area contributed by atoms with Crippen molar-refractivity contribution in [3.8, 4) is 0 Å². The summed E-state index contributed by atoms with van der Waals surface area (Å²) in [5.74, 6) is 3.17. The molecule has 1 saturated carbocycles. The molecule has 0 heterocycles. The number of rotatable bonds is 3. The van der Waals surface area contributed by atoms with Crippen LogP contribution in [0.25, 0.3) is 0 Å². The minimum atomic E-state index is 0.146. The number of nitrogens with one attached hydrogen (secondary N) is 1. The predicted molar refractivity (Wildman–Crippen MR) is 63.4 cm³/mol. The van der Waals surface area contributed by atoms with Crippen molar-refractivity contribution in [3.05, 3.63) is 0 Å². The molecule has 1 rings (SSSR count). The molecule has 1 fully saturated rings. The summed E-state index contributed by atoms with van der Waals surface area (Å²) in [6.45, 7) is 8.97. The molecule has 0 radical (unpaired) electrons. The van der Waals surface area contributed by atoms with Crippen LogP contribution in [0.3, 0.4) is 0 Å². The first kappa shape index (κ1) is 12.5. The van der Waals surface area contributed by atoms with E-state index in [2.05, 4.69) is 33.0 Å². The van der Waals surface area contributed by atoms with Gasteiger partial charge in [-0.05, 0) is 30.1 Å². The van der Waals surface area contributed by atoms with E-state index in [-0.39, 0.29) is 11.8 Å². The van der Waals surface area contributed by atoms with Crippen molar-refractivity contribution >= 4 is 5.91 Å². The average molecular weight is 211 g/mol. The van der Waals surface area contributed by atoms with Gasteiger partial charge in [0.2, 0.25) is 5.91 Å². The Morgan fingerprint density at radius 2 is 1.87 bits per heavy atom. The summed E-state index contributed by atoms with van der Waals surface area (Å²) in [5.41, 5.74) is 0. The first-order valence-corrected chi connectivity index (χ1v) is 6.20. The number of amides is 1. The maximum atomic E-state index is 11.6. The van der Waals surface area contributed by atoms with Gasteiger partial charge in [-0.3, -0.25) is 4.79 Å². The van der Waals surface area contributed by atoms with E-state index in [1.54, 1.807) is 7.05 Å². The van der Waals surface area contributed by atoms with Crippen molar-refractivity contribution in [2.24, 2.45) is 29.6 Å². The lowest BCUT2D eigenvalue weighted by atomic mass is 9.77. The molecular formula is C13H25NO. The fourth-order valence-corrected chi connectivity index (χ4v) is 2.98. The molecule has 1 aliphatic rings. The van der Waals surface area contributed by atoms with Crippen molar-refractivity contribution in [3.63, 3.8) is 0 Å². The highest BCUT2D eigenvalue weighted by Crippen LogP contribution is 2.42. The van der Waals surface area contributed by atoms with E-state index in [1.165, 1.54) is 12.8 Å². The van der Waals surface area contributed by atoms with Gasteiger partial charge in [0.15, 0.2) is 0 Å². The Morgan fingerprint density at radius 3 is 2.27 bits per heavy atom. The second-order valence-electron chi connectivity index (χ2n) is 5.34. The third-order valence-corrected chi connectivity index (χ3v) is 4.65. The van der Waals surface area contributed by atoms with Crippen molar-refractivity contribution in [1.29, 1.82) is 0 Å². The van der Waals surface area contributed by atoms with Crippen LogP contribution in [0.1, 0.15) is 40.5 Å². The van der Waals surface area contributed by atoms with Crippen molar-refractivity contribution in [2.45, 2.75) is 40.5 Å². The minimum absolute atomic E-state index is 0.146. The fourth-order valence-electron chi connectivity index (χ4n) is 2.98. The van der Waals surface area contributed by atoms with Gasteiger partial charge >= 0.3 is 0 Å². The summed E-state index contributed by atoms with van der Waals surface area (Å²) in [5, 5.41) is 2.76. The maximum absolute atomic E-state index is 11.6. The van der Waals surface area contributed by atoms with E-state index in [9.17, 15) is 4.79 Å². The van der Waals surface area contributed by atoms with Gasteiger partial charge in [-0.15, -0.1) is 0 Å². The molecule has 0 aromatic heterocycles. The van der Waals surface area contributed by atoms with Gasteiger partial charge in [-0.2, -0.15) is 0 Å². The zero-order valence-electron chi connectivity index (χ0n) is 10.7. The van der Waals surface area contributed by atoms with E-state index in [0.717, 1.165) is 17.8 Å². The molecular weight excluding hydrogens is 186 g/mol. The van der Waals surface area contributed by atoms with Crippen LogP contribution in [0.15, 0.2) is 0 Å². The molecule has 88 valence electrons. The summed E-state index contributed by atoms with van der Waals surface area (Å²) in [7, 11) is 1.73. The minimum Gasteiger partial charge on any atom is -0.359 e. The molecule has 2 unspecified atom stereocenters. The topological polar surface area (TPSA) is 29.1 Å². The van der Waals surface area contributed by atoms with Gasteiger partial charge < -0.3 is 5.32 Å². The monoisotopic (exact) mass is 211 g/mol. The maximum Gasteiger partial charge on any atom is 0.222 e. The lowest BCUT2D eigenvalue weighted by Crippen LogP contribution is -2.33. The summed E-state index contributed by atoms with van der Waals surface area (Å²) < 4.78 is 0. The van der Waals surface area contributed by atoms with E-state index in [1.807, 2.05) is 0 Å². The summed E-state index contributed by atoms with van der Waals surface area (Å²) in [4.78, 5) is 11.6. The normalized spacial score (nSPS) is 34.9. The Morgan fingerprint density at radius 1 is 1.27 bits per heavy atom. The van der Waals surface area contributed by atoms with Crippen LogP contribution in [0.5, 0.6) is 0 Å². The Kier molecular flexibility index (Phi) is 4.18. The van der Waals surface area contributed by atoms with Crippen molar-refractivity contribution in [1.82, 2.24) is 5.32 Å². The van der Waals surface area contributed by atoms with Gasteiger partial charge in [-0.25, -0.2) is 0 Å². The van der Waals surface area contributed by atoms with Crippen LogP contribution < -0.4 is 5.32 Å². The molecule has 0 spiro atoms. The quantitative estimate of drug-likeness (QED) is 0.764. The third-order valence-electron chi connectivity index (χ3n) is 4.65. The average Bonchev–Trinajstić information content (AvgIpc) is 2.56. The number of carbonyl (C=O) groups excluding carboxylic acids is 1. The van der Waals surface area contributed by atoms with Crippen LogP contribution in [0.2, 0.25) is 0 Å². The molecule has 0 aromatic rings. The van der Waals surface area contributed by atoms with E-state index >= 15 is 0 Å². The summed E-state index contributed by atoms with van der Waals surface area (Å²) >= 11 is 0. The molecule has 1 amide bonds. The van der Waals surface area contributed by atoms with Gasteiger partial charge in [0, 0.05) is 13.0 Å². The third kappa shape index (κ3) is 2.53. The van der Waals surface area contributed by atoms with Crippen molar-refractivity contribution in [2.75, 3.05) is 7.05 Å². The summed E-state index contributed by atoms with van der Waals surface area (Å²) in [6, 6.07) is 0. The zero-order valence-corrected chi connectivity index (χ0v) is 10.7. The van der Waals surface area contributed by atoms with Crippen LogP contribution in [-0.4, -0.2) is 13.0 Å². The zero-order chi connectivity index (χ0) is 11.6.